The summed E-state index contributed by atoms with van der Waals surface area (Å²) in [4.78, 5) is 10.8. The predicted octanol–water partition coefficient (Wildman–Crippen LogP) is 1.90. The van der Waals surface area contributed by atoms with Gasteiger partial charge in [0.25, 0.3) is 0 Å². The van der Waals surface area contributed by atoms with E-state index < -0.39 is 40.6 Å². The summed E-state index contributed by atoms with van der Waals surface area (Å²) >= 11 is 0. The minimum Gasteiger partial charge on any atom is -0.485 e. The fourth-order valence-electron chi connectivity index (χ4n) is 4.08. The number of aliphatic carboxylic acids is 1. The van der Waals surface area contributed by atoms with E-state index in [4.69, 9.17) is 19.3 Å². The average molecular weight is 437 g/mol. The van der Waals surface area contributed by atoms with Gasteiger partial charge < -0.3 is 19.3 Å². The normalized spacial score (nSPS) is 24.7. The molecule has 0 radical (unpaired) electrons. The molecule has 2 aromatic carbocycles. The molecule has 160 valence electrons. The standard InChI is InChI=1S/C20H20FNO7S/c1-27-16-9-15-18(13-3-2-4-14(20(13)29-15)28-10-17(23)24)19(16)22-30(25,26)12-7-5-11(21)6-8-12/h2-8,15-16,18-19,22H,9-10H2,1H3,(H,23,24). The van der Waals surface area contributed by atoms with E-state index in [9.17, 15) is 17.6 Å². The van der Waals surface area contributed by atoms with Crippen LogP contribution in [0.25, 0.3) is 0 Å². The molecular formula is C20H20FNO7S. The minimum absolute atomic E-state index is 0.0557. The van der Waals surface area contributed by atoms with Crippen molar-refractivity contribution in [1.29, 1.82) is 0 Å². The Hall–Kier alpha value is -2.69. The zero-order chi connectivity index (χ0) is 21.5. The van der Waals surface area contributed by atoms with Crippen molar-refractivity contribution in [2.75, 3.05) is 13.7 Å². The minimum atomic E-state index is -3.94. The van der Waals surface area contributed by atoms with Crippen LogP contribution < -0.4 is 14.2 Å². The van der Waals surface area contributed by atoms with E-state index in [1.165, 1.54) is 19.2 Å². The number of benzene rings is 2. The number of hydrogen-bond donors (Lipinski definition) is 2. The first-order valence-electron chi connectivity index (χ1n) is 9.25. The van der Waals surface area contributed by atoms with Gasteiger partial charge in [-0.25, -0.2) is 22.3 Å². The highest BCUT2D eigenvalue weighted by Gasteiger charge is 2.52. The van der Waals surface area contributed by atoms with Crippen LogP contribution in [0.2, 0.25) is 0 Å². The summed E-state index contributed by atoms with van der Waals surface area (Å²) in [7, 11) is -2.44. The number of carbonyl (C=O) groups is 1. The first-order chi connectivity index (χ1) is 14.3. The molecule has 1 heterocycles. The average Bonchev–Trinajstić information content (AvgIpc) is 3.23. The molecular weight excluding hydrogens is 417 g/mol. The lowest BCUT2D eigenvalue weighted by Crippen LogP contribution is -2.44. The number of carboxylic acid groups (broad SMARTS) is 1. The van der Waals surface area contributed by atoms with Crippen molar-refractivity contribution in [2.24, 2.45) is 0 Å². The van der Waals surface area contributed by atoms with E-state index in [1.54, 1.807) is 18.2 Å². The highest BCUT2D eigenvalue weighted by Crippen LogP contribution is 2.51. The van der Waals surface area contributed by atoms with Crippen LogP contribution in [-0.4, -0.2) is 51.5 Å². The van der Waals surface area contributed by atoms with Crippen molar-refractivity contribution in [3.63, 3.8) is 0 Å². The van der Waals surface area contributed by atoms with E-state index >= 15 is 0 Å². The molecule has 30 heavy (non-hydrogen) atoms. The van der Waals surface area contributed by atoms with E-state index in [0.717, 1.165) is 12.1 Å². The molecule has 10 heteroatoms. The molecule has 1 fully saturated rings. The molecule has 0 bridgehead atoms. The maximum atomic E-state index is 13.2. The summed E-state index contributed by atoms with van der Waals surface area (Å²) < 4.78 is 58.5. The van der Waals surface area contributed by atoms with Gasteiger partial charge in [0.2, 0.25) is 10.0 Å². The van der Waals surface area contributed by atoms with Crippen LogP contribution in [-0.2, 0) is 19.6 Å². The highest BCUT2D eigenvalue weighted by atomic mass is 32.2. The van der Waals surface area contributed by atoms with Crippen LogP contribution in [0.4, 0.5) is 4.39 Å². The Balaban J connectivity index is 1.65. The lowest BCUT2D eigenvalue weighted by atomic mass is 9.94. The maximum Gasteiger partial charge on any atom is 0.341 e. The van der Waals surface area contributed by atoms with Gasteiger partial charge >= 0.3 is 5.97 Å². The van der Waals surface area contributed by atoms with Crippen molar-refractivity contribution >= 4 is 16.0 Å². The Labute approximate surface area is 172 Å². The number of para-hydroxylation sites is 1. The van der Waals surface area contributed by atoms with Gasteiger partial charge in [-0.3, -0.25) is 0 Å². The lowest BCUT2D eigenvalue weighted by Gasteiger charge is -2.24. The Kier molecular flexibility index (Phi) is 5.39. The second-order valence-corrected chi connectivity index (χ2v) is 8.86. The van der Waals surface area contributed by atoms with Crippen LogP contribution in [0.1, 0.15) is 17.9 Å². The van der Waals surface area contributed by atoms with E-state index in [0.29, 0.717) is 23.5 Å². The van der Waals surface area contributed by atoms with Gasteiger partial charge in [0.05, 0.1) is 17.0 Å². The summed E-state index contributed by atoms with van der Waals surface area (Å²) in [6.45, 7) is -0.517. The maximum absolute atomic E-state index is 13.2. The molecule has 8 nitrogen and oxygen atoms in total. The first-order valence-corrected chi connectivity index (χ1v) is 10.7. The molecule has 1 saturated carbocycles. The number of carboxylic acids is 1. The summed E-state index contributed by atoms with van der Waals surface area (Å²) in [6, 6.07) is 9.03. The number of methoxy groups -OCH3 is 1. The number of fused-ring (bicyclic) bond motifs is 3. The molecule has 2 aromatic rings. The number of sulfonamides is 1. The summed E-state index contributed by atoms with van der Waals surface area (Å²) in [5.41, 5.74) is 0.717. The Bertz CT molecular complexity index is 1060. The van der Waals surface area contributed by atoms with Gasteiger partial charge in [-0.05, 0) is 30.3 Å². The number of halogens is 1. The zero-order valence-electron chi connectivity index (χ0n) is 15.9. The molecule has 0 spiro atoms. The first kappa shape index (κ1) is 20.6. The molecule has 4 atom stereocenters. The third-order valence-electron chi connectivity index (χ3n) is 5.36. The smallest absolute Gasteiger partial charge is 0.341 e. The van der Waals surface area contributed by atoms with Gasteiger partial charge in [-0.1, -0.05) is 12.1 Å². The van der Waals surface area contributed by atoms with Crippen molar-refractivity contribution < 1.29 is 36.9 Å². The van der Waals surface area contributed by atoms with Crippen LogP contribution in [0.15, 0.2) is 47.4 Å². The molecule has 2 N–H and O–H groups in total. The second-order valence-electron chi connectivity index (χ2n) is 7.15. The molecule has 4 rings (SSSR count). The van der Waals surface area contributed by atoms with Crippen molar-refractivity contribution in [3.05, 3.63) is 53.8 Å². The third-order valence-corrected chi connectivity index (χ3v) is 6.83. The van der Waals surface area contributed by atoms with Gasteiger partial charge in [-0.2, -0.15) is 0 Å². The van der Waals surface area contributed by atoms with Gasteiger partial charge in [0, 0.05) is 25.0 Å². The summed E-state index contributed by atoms with van der Waals surface area (Å²) in [5, 5.41) is 8.86. The van der Waals surface area contributed by atoms with Crippen LogP contribution in [0.3, 0.4) is 0 Å². The summed E-state index contributed by atoms with van der Waals surface area (Å²) in [5.74, 6) is -1.30. The van der Waals surface area contributed by atoms with E-state index in [-0.39, 0.29) is 16.9 Å². The molecule has 1 aliphatic carbocycles. The number of rotatable bonds is 7. The second kappa shape index (κ2) is 7.86. The lowest BCUT2D eigenvalue weighted by molar-refractivity contribution is -0.139. The quantitative estimate of drug-likeness (QED) is 0.681. The van der Waals surface area contributed by atoms with Crippen molar-refractivity contribution in [1.82, 2.24) is 4.72 Å². The third kappa shape index (κ3) is 3.73. The Morgan fingerprint density at radius 2 is 2.00 bits per heavy atom. The largest absolute Gasteiger partial charge is 0.485 e. The molecule has 1 aliphatic heterocycles. The van der Waals surface area contributed by atoms with Crippen LogP contribution in [0, 0.1) is 5.82 Å². The molecule has 0 aromatic heterocycles. The highest BCUT2D eigenvalue weighted by molar-refractivity contribution is 7.89. The topological polar surface area (TPSA) is 111 Å². The molecule has 4 unspecified atom stereocenters. The van der Waals surface area contributed by atoms with E-state index in [2.05, 4.69) is 4.72 Å². The van der Waals surface area contributed by atoms with Gasteiger partial charge in [0.15, 0.2) is 18.1 Å². The van der Waals surface area contributed by atoms with Crippen LogP contribution in [0.5, 0.6) is 11.5 Å². The fourth-order valence-corrected chi connectivity index (χ4v) is 5.37. The van der Waals surface area contributed by atoms with Gasteiger partial charge in [0.1, 0.15) is 11.9 Å². The Morgan fingerprint density at radius 3 is 2.67 bits per heavy atom. The fraction of sp³-hybridized carbons (Fsp3) is 0.350. The monoisotopic (exact) mass is 437 g/mol. The van der Waals surface area contributed by atoms with Gasteiger partial charge in [-0.15, -0.1) is 0 Å². The number of hydrogen-bond acceptors (Lipinski definition) is 6. The SMILES string of the molecule is COC1CC2Oc3c(OCC(=O)O)cccc3C2C1NS(=O)(=O)c1ccc(F)cc1. The van der Waals surface area contributed by atoms with Crippen molar-refractivity contribution in [2.45, 2.75) is 35.5 Å². The predicted molar refractivity (Wildman–Crippen MR) is 103 cm³/mol. The summed E-state index contributed by atoms with van der Waals surface area (Å²) in [6.07, 6.45) is -0.363. The van der Waals surface area contributed by atoms with Crippen LogP contribution >= 0.6 is 0 Å². The zero-order valence-corrected chi connectivity index (χ0v) is 16.8. The Morgan fingerprint density at radius 1 is 1.27 bits per heavy atom. The van der Waals surface area contributed by atoms with Crippen molar-refractivity contribution in [3.8, 4) is 11.5 Å². The number of ether oxygens (including phenoxy) is 3. The number of nitrogens with one attached hydrogen (secondary N) is 1. The molecule has 0 saturated heterocycles. The molecule has 2 aliphatic rings. The molecule has 0 amide bonds. The van der Waals surface area contributed by atoms with E-state index in [1.807, 2.05) is 0 Å².